The first-order valence-electron chi connectivity index (χ1n) is 6.46. The van der Waals surface area contributed by atoms with E-state index in [1.54, 1.807) is 0 Å². The molecule has 0 aliphatic heterocycles. The van der Waals surface area contributed by atoms with E-state index < -0.39 is 31.6 Å². The number of anilines is 1. The van der Waals surface area contributed by atoms with Crippen molar-refractivity contribution in [3.8, 4) is 0 Å². The van der Waals surface area contributed by atoms with Crippen molar-refractivity contribution in [3.05, 3.63) is 40.8 Å². The fourth-order valence-electron chi connectivity index (χ4n) is 1.75. The Morgan fingerprint density at radius 3 is 2.75 bits per heavy atom. The highest BCUT2D eigenvalue weighted by atomic mass is 35.5. The summed E-state index contributed by atoms with van der Waals surface area (Å²) in [7, 11) is 0. The predicted octanol–water partition coefficient (Wildman–Crippen LogP) is 2.01. The van der Waals surface area contributed by atoms with Gasteiger partial charge in [-0.15, -0.1) is 0 Å². The quantitative estimate of drug-likeness (QED) is 0.782. The molecule has 2 aromatic rings. The van der Waals surface area contributed by atoms with Gasteiger partial charge in [0, 0.05) is 6.20 Å². The van der Waals surface area contributed by atoms with E-state index in [1.165, 1.54) is 18.3 Å². The lowest BCUT2D eigenvalue weighted by atomic mass is 10.3. The van der Waals surface area contributed by atoms with Gasteiger partial charge < -0.3 is 15.2 Å². The highest BCUT2D eigenvalue weighted by molar-refractivity contribution is 6.30. The minimum atomic E-state index is -3.01. The van der Waals surface area contributed by atoms with Crippen LogP contribution in [0.25, 0.3) is 0 Å². The number of nitrogens with zero attached hydrogens (tertiary/aromatic N) is 3. The van der Waals surface area contributed by atoms with Crippen LogP contribution >= 0.6 is 11.6 Å². The van der Waals surface area contributed by atoms with Crippen LogP contribution in [-0.4, -0.2) is 38.4 Å². The largest absolute Gasteiger partial charge is 0.477 e. The number of hydrogen-bond donors (Lipinski definition) is 2. The fraction of sp³-hybridized carbons (Fsp3) is 0.231. The molecule has 11 heteroatoms. The van der Waals surface area contributed by atoms with Crippen molar-refractivity contribution >= 4 is 29.3 Å². The molecule has 0 unspecified atom stereocenters. The van der Waals surface area contributed by atoms with Crippen LogP contribution < -0.4 is 5.32 Å². The van der Waals surface area contributed by atoms with Crippen molar-refractivity contribution in [2.75, 3.05) is 5.32 Å². The molecule has 0 saturated carbocycles. The lowest BCUT2D eigenvalue weighted by molar-refractivity contribution is -0.138. The standard InChI is InChI=1S/C13H11ClF2N4O4/c14-7-1-2-10(17-4-7)18-11(21)5-20-9(12(22)23)3-8(19-20)6-24-13(15)16/h1-4,13H,5-6H2,(H,22,23)(H,17,18,21). The highest BCUT2D eigenvalue weighted by Gasteiger charge is 2.17. The van der Waals surface area contributed by atoms with Gasteiger partial charge in [0.05, 0.1) is 17.3 Å². The number of aromatic nitrogens is 3. The zero-order chi connectivity index (χ0) is 17.7. The maximum absolute atomic E-state index is 12.0. The summed E-state index contributed by atoms with van der Waals surface area (Å²) >= 11 is 5.67. The molecule has 2 heterocycles. The molecule has 1 amide bonds. The smallest absolute Gasteiger partial charge is 0.354 e. The summed E-state index contributed by atoms with van der Waals surface area (Å²) in [4.78, 5) is 26.9. The molecule has 2 aromatic heterocycles. The van der Waals surface area contributed by atoms with Crippen LogP contribution in [0, 0.1) is 0 Å². The zero-order valence-electron chi connectivity index (χ0n) is 11.9. The van der Waals surface area contributed by atoms with Crippen molar-refractivity contribution in [2.24, 2.45) is 0 Å². The minimum absolute atomic E-state index is 0.0369. The topological polar surface area (TPSA) is 106 Å². The number of hydrogen-bond acceptors (Lipinski definition) is 5. The molecule has 24 heavy (non-hydrogen) atoms. The molecule has 0 fully saturated rings. The van der Waals surface area contributed by atoms with E-state index in [0.717, 1.165) is 10.7 Å². The van der Waals surface area contributed by atoms with Crippen LogP contribution in [0.1, 0.15) is 16.2 Å². The van der Waals surface area contributed by atoms with Crippen LogP contribution in [-0.2, 0) is 22.7 Å². The molecule has 2 N–H and O–H groups in total. The number of carboxylic acids is 1. The van der Waals surface area contributed by atoms with Crippen molar-refractivity contribution < 1.29 is 28.2 Å². The third-order valence-electron chi connectivity index (χ3n) is 2.70. The third-order valence-corrected chi connectivity index (χ3v) is 2.92. The molecule has 0 aliphatic carbocycles. The van der Waals surface area contributed by atoms with E-state index in [-0.39, 0.29) is 17.2 Å². The second kappa shape index (κ2) is 7.79. The minimum Gasteiger partial charge on any atom is -0.477 e. The van der Waals surface area contributed by atoms with Crippen LogP contribution in [0.4, 0.5) is 14.6 Å². The maximum Gasteiger partial charge on any atom is 0.354 e. The number of rotatable bonds is 7. The van der Waals surface area contributed by atoms with Gasteiger partial charge in [-0.05, 0) is 18.2 Å². The van der Waals surface area contributed by atoms with Crippen LogP contribution in [0.5, 0.6) is 0 Å². The van der Waals surface area contributed by atoms with Gasteiger partial charge in [0.25, 0.3) is 0 Å². The van der Waals surface area contributed by atoms with E-state index in [2.05, 4.69) is 20.1 Å². The van der Waals surface area contributed by atoms with Gasteiger partial charge in [-0.25, -0.2) is 14.5 Å². The number of ether oxygens (including phenoxy) is 1. The summed E-state index contributed by atoms with van der Waals surface area (Å²) in [5.41, 5.74) is -0.368. The van der Waals surface area contributed by atoms with E-state index in [9.17, 15) is 18.4 Å². The Kier molecular flexibility index (Phi) is 5.77. The molecule has 0 spiro atoms. The van der Waals surface area contributed by atoms with Crippen LogP contribution in [0.3, 0.4) is 0 Å². The summed E-state index contributed by atoms with van der Waals surface area (Å²) in [5, 5.41) is 15.7. The Morgan fingerprint density at radius 1 is 1.42 bits per heavy atom. The average molecular weight is 361 g/mol. The summed E-state index contributed by atoms with van der Waals surface area (Å²) in [5.74, 6) is -1.74. The van der Waals surface area contributed by atoms with Gasteiger partial charge in [-0.1, -0.05) is 11.6 Å². The zero-order valence-corrected chi connectivity index (χ0v) is 12.7. The second-order valence-electron chi connectivity index (χ2n) is 4.47. The first kappa shape index (κ1) is 17.8. The molecule has 128 valence electrons. The number of pyridine rings is 1. The number of carboxylic acid groups (broad SMARTS) is 1. The summed E-state index contributed by atoms with van der Waals surface area (Å²) in [6, 6.07) is 4.03. The van der Waals surface area contributed by atoms with Gasteiger partial charge in [0.15, 0.2) is 0 Å². The van der Waals surface area contributed by atoms with Crippen LogP contribution in [0.15, 0.2) is 24.4 Å². The van der Waals surface area contributed by atoms with Crippen LogP contribution in [0.2, 0.25) is 5.02 Å². The Labute approximate surface area is 139 Å². The second-order valence-corrected chi connectivity index (χ2v) is 4.90. The van der Waals surface area contributed by atoms with Crippen molar-refractivity contribution in [2.45, 2.75) is 19.8 Å². The lowest BCUT2D eigenvalue weighted by Gasteiger charge is -2.06. The summed E-state index contributed by atoms with van der Waals surface area (Å²) < 4.78 is 29.0. The van der Waals surface area contributed by atoms with E-state index in [0.29, 0.717) is 5.02 Å². The molecule has 0 aliphatic rings. The van der Waals surface area contributed by atoms with Gasteiger partial charge in [-0.2, -0.15) is 13.9 Å². The van der Waals surface area contributed by atoms with E-state index >= 15 is 0 Å². The molecule has 8 nitrogen and oxygen atoms in total. The van der Waals surface area contributed by atoms with Gasteiger partial charge in [0.1, 0.15) is 18.1 Å². The monoisotopic (exact) mass is 360 g/mol. The normalized spacial score (nSPS) is 10.8. The van der Waals surface area contributed by atoms with Gasteiger partial charge >= 0.3 is 12.6 Å². The molecular weight excluding hydrogens is 350 g/mol. The molecule has 0 bridgehead atoms. The lowest BCUT2D eigenvalue weighted by Crippen LogP contribution is -2.22. The number of carbonyl (C=O) groups excluding carboxylic acids is 1. The predicted molar refractivity (Wildman–Crippen MR) is 77.9 cm³/mol. The first-order chi connectivity index (χ1) is 11.3. The van der Waals surface area contributed by atoms with Crippen molar-refractivity contribution in [1.82, 2.24) is 14.8 Å². The number of alkyl halides is 2. The molecule has 0 radical (unpaired) electrons. The van der Waals surface area contributed by atoms with Gasteiger partial charge in [-0.3, -0.25) is 4.79 Å². The number of aromatic carboxylic acids is 1. The molecule has 2 rings (SSSR count). The maximum atomic E-state index is 12.0. The highest BCUT2D eigenvalue weighted by Crippen LogP contribution is 2.11. The molecule has 0 saturated heterocycles. The number of nitrogens with one attached hydrogen (secondary N) is 1. The number of carbonyl (C=O) groups is 2. The molecule has 0 atom stereocenters. The first-order valence-corrected chi connectivity index (χ1v) is 6.84. The Bertz CT molecular complexity index is 736. The molecular formula is C13H11ClF2N4O4. The molecule has 0 aromatic carbocycles. The fourth-order valence-corrected chi connectivity index (χ4v) is 1.86. The van der Waals surface area contributed by atoms with Crippen molar-refractivity contribution in [3.63, 3.8) is 0 Å². The van der Waals surface area contributed by atoms with E-state index in [4.69, 9.17) is 16.7 Å². The average Bonchev–Trinajstić information content (AvgIpc) is 2.90. The van der Waals surface area contributed by atoms with Gasteiger partial charge in [0.2, 0.25) is 5.91 Å². The third kappa shape index (κ3) is 4.96. The summed E-state index contributed by atoms with van der Waals surface area (Å²) in [6.45, 7) is -4.03. The Hall–Kier alpha value is -2.59. The SMILES string of the molecule is O=C(Cn1nc(COC(F)F)cc1C(=O)O)Nc1ccc(Cl)cn1. The van der Waals surface area contributed by atoms with E-state index in [1.807, 2.05) is 0 Å². The Morgan fingerprint density at radius 2 is 2.17 bits per heavy atom. The number of halogens is 3. The Balaban J connectivity index is 2.07. The summed E-state index contributed by atoms with van der Waals surface area (Å²) in [6.07, 6.45) is 1.33. The van der Waals surface area contributed by atoms with Crippen molar-refractivity contribution in [1.29, 1.82) is 0 Å². The number of amides is 1.